The van der Waals surface area contributed by atoms with E-state index in [1.807, 2.05) is 32.0 Å². The van der Waals surface area contributed by atoms with Gasteiger partial charge in [-0.05, 0) is 37.0 Å². The summed E-state index contributed by atoms with van der Waals surface area (Å²) in [7, 11) is 0. The molecule has 2 nitrogen and oxygen atoms in total. The monoisotopic (exact) mass is 217 g/mol. The van der Waals surface area contributed by atoms with Crippen molar-refractivity contribution < 1.29 is 4.79 Å². The van der Waals surface area contributed by atoms with Gasteiger partial charge in [0, 0.05) is 6.42 Å². The van der Waals surface area contributed by atoms with E-state index in [0.717, 1.165) is 16.7 Å². The maximum atomic E-state index is 11.8. The largest absolute Gasteiger partial charge is 0.321 e. The zero-order valence-electron chi connectivity index (χ0n) is 9.99. The minimum absolute atomic E-state index is 0.0808. The van der Waals surface area contributed by atoms with Crippen LogP contribution in [-0.4, -0.2) is 11.8 Å². The second-order valence-electron chi connectivity index (χ2n) is 4.14. The maximum Gasteiger partial charge on any atom is 0.154 e. The number of aryl methyl sites for hydroxylation is 2. The first-order chi connectivity index (χ1) is 7.56. The molecule has 0 aromatic heterocycles. The molecule has 0 aliphatic heterocycles. The zero-order valence-corrected chi connectivity index (χ0v) is 9.99. The van der Waals surface area contributed by atoms with Crippen molar-refractivity contribution in [2.75, 3.05) is 0 Å². The standard InChI is InChI=1S/C14H19NO/c1-4-6-13(15)14(16)9-12-10(2)7-5-8-11(12)3/h4-5,7-8,13H,1,6,9,15H2,2-3H3. The summed E-state index contributed by atoms with van der Waals surface area (Å²) in [4.78, 5) is 11.8. The van der Waals surface area contributed by atoms with E-state index in [1.165, 1.54) is 0 Å². The van der Waals surface area contributed by atoms with Gasteiger partial charge in [-0.1, -0.05) is 24.3 Å². The highest BCUT2D eigenvalue weighted by Gasteiger charge is 2.14. The van der Waals surface area contributed by atoms with Gasteiger partial charge in [0.1, 0.15) is 0 Å². The second kappa shape index (κ2) is 5.61. The van der Waals surface area contributed by atoms with Gasteiger partial charge in [0.25, 0.3) is 0 Å². The summed E-state index contributed by atoms with van der Waals surface area (Å²) < 4.78 is 0. The Morgan fingerprint density at radius 2 is 2.00 bits per heavy atom. The van der Waals surface area contributed by atoms with Gasteiger partial charge < -0.3 is 5.73 Å². The lowest BCUT2D eigenvalue weighted by molar-refractivity contribution is -0.119. The van der Waals surface area contributed by atoms with Gasteiger partial charge in [0.2, 0.25) is 0 Å². The second-order valence-corrected chi connectivity index (χ2v) is 4.14. The van der Waals surface area contributed by atoms with Crippen LogP contribution >= 0.6 is 0 Å². The summed E-state index contributed by atoms with van der Waals surface area (Å²) in [5, 5.41) is 0. The molecule has 2 heteroatoms. The van der Waals surface area contributed by atoms with Crippen LogP contribution in [0.15, 0.2) is 30.9 Å². The van der Waals surface area contributed by atoms with Gasteiger partial charge in [0.15, 0.2) is 5.78 Å². The number of carbonyl (C=O) groups excluding carboxylic acids is 1. The van der Waals surface area contributed by atoms with E-state index >= 15 is 0 Å². The fourth-order valence-electron chi connectivity index (χ4n) is 1.74. The summed E-state index contributed by atoms with van der Waals surface area (Å²) in [6.07, 6.45) is 2.66. The van der Waals surface area contributed by atoms with E-state index in [-0.39, 0.29) is 5.78 Å². The molecule has 0 spiro atoms. The van der Waals surface area contributed by atoms with Crippen LogP contribution in [-0.2, 0) is 11.2 Å². The van der Waals surface area contributed by atoms with Gasteiger partial charge in [-0.2, -0.15) is 0 Å². The highest BCUT2D eigenvalue weighted by atomic mass is 16.1. The number of hydrogen-bond donors (Lipinski definition) is 1. The SMILES string of the molecule is C=CCC(N)C(=O)Cc1c(C)cccc1C. The molecule has 1 unspecified atom stereocenters. The van der Waals surface area contributed by atoms with Gasteiger partial charge in [-0.25, -0.2) is 0 Å². The molecule has 2 N–H and O–H groups in total. The molecule has 0 saturated carbocycles. The Morgan fingerprint density at radius 1 is 1.44 bits per heavy atom. The third kappa shape index (κ3) is 3.04. The van der Waals surface area contributed by atoms with Crippen molar-refractivity contribution in [3.05, 3.63) is 47.5 Å². The third-order valence-electron chi connectivity index (χ3n) is 2.83. The summed E-state index contributed by atoms with van der Waals surface area (Å²) in [5.74, 6) is 0.0808. The lowest BCUT2D eigenvalue weighted by Crippen LogP contribution is -2.31. The molecule has 0 saturated heterocycles. The fraction of sp³-hybridized carbons (Fsp3) is 0.357. The number of benzene rings is 1. The molecule has 0 radical (unpaired) electrons. The molecule has 1 atom stereocenters. The van der Waals surface area contributed by atoms with E-state index in [9.17, 15) is 4.79 Å². The van der Waals surface area contributed by atoms with Gasteiger partial charge in [-0.3, -0.25) is 4.79 Å². The summed E-state index contributed by atoms with van der Waals surface area (Å²) in [5.41, 5.74) is 9.16. The van der Waals surface area contributed by atoms with Crippen molar-refractivity contribution >= 4 is 5.78 Å². The Kier molecular flexibility index (Phi) is 4.44. The summed E-state index contributed by atoms with van der Waals surface area (Å²) in [6.45, 7) is 7.64. The van der Waals surface area contributed by atoms with Crippen molar-refractivity contribution in [2.45, 2.75) is 32.7 Å². The quantitative estimate of drug-likeness (QED) is 0.769. The minimum Gasteiger partial charge on any atom is -0.321 e. The first-order valence-electron chi connectivity index (χ1n) is 5.50. The molecule has 0 fully saturated rings. The van der Waals surface area contributed by atoms with Crippen molar-refractivity contribution in [3.8, 4) is 0 Å². The highest BCUT2D eigenvalue weighted by molar-refractivity contribution is 5.86. The first-order valence-corrected chi connectivity index (χ1v) is 5.50. The van der Waals surface area contributed by atoms with E-state index in [2.05, 4.69) is 6.58 Å². The van der Waals surface area contributed by atoms with E-state index in [1.54, 1.807) is 6.08 Å². The lowest BCUT2D eigenvalue weighted by Gasteiger charge is -2.12. The highest BCUT2D eigenvalue weighted by Crippen LogP contribution is 2.15. The van der Waals surface area contributed by atoms with Crippen LogP contribution < -0.4 is 5.73 Å². The van der Waals surface area contributed by atoms with Crippen LogP contribution in [0.5, 0.6) is 0 Å². The zero-order chi connectivity index (χ0) is 12.1. The summed E-state index contributed by atoms with van der Waals surface area (Å²) >= 11 is 0. The summed E-state index contributed by atoms with van der Waals surface area (Å²) in [6, 6.07) is 5.63. The molecule has 0 aliphatic rings. The average Bonchev–Trinajstić information content (AvgIpc) is 2.23. The fourth-order valence-corrected chi connectivity index (χ4v) is 1.74. The molecular weight excluding hydrogens is 198 g/mol. The maximum absolute atomic E-state index is 11.8. The Hall–Kier alpha value is -1.41. The van der Waals surface area contributed by atoms with Crippen LogP contribution in [0.2, 0.25) is 0 Å². The topological polar surface area (TPSA) is 43.1 Å². The predicted molar refractivity (Wildman–Crippen MR) is 67.4 cm³/mol. The number of carbonyl (C=O) groups is 1. The van der Waals surface area contributed by atoms with Crippen LogP contribution in [0, 0.1) is 13.8 Å². The van der Waals surface area contributed by atoms with Crippen molar-refractivity contribution in [2.24, 2.45) is 5.73 Å². The predicted octanol–water partition coefficient (Wildman–Crippen LogP) is 2.32. The Labute approximate surface area is 97.2 Å². The minimum atomic E-state index is -0.420. The molecule has 1 aromatic rings. The molecule has 86 valence electrons. The van der Waals surface area contributed by atoms with Crippen molar-refractivity contribution in [1.82, 2.24) is 0 Å². The Balaban J connectivity index is 2.80. The van der Waals surface area contributed by atoms with E-state index in [4.69, 9.17) is 5.73 Å². The molecule has 0 bridgehead atoms. The van der Waals surface area contributed by atoms with Crippen molar-refractivity contribution in [3.63, 3.8) is 0 Å². The Bertz CT molecular complexity index is 375. The normalized spacial score (nSPS) is 12.2. The lowest BCUT2D eigenvalue weighted by atomic mass is 9.95. The Morgan fingerprint density at radius 3 is 2.50 bits per heavy atom. The molecule has 0 heterocycles. The number of rotatable bonds is 5. The average molecular weight is 217 g/mol. The number of nitrogens with two attached hydrogens (primary N) is 1. The van der Waals surface area contributed by atoms with E-state index < -0.39 is 6.04 Å². The first kappa shape index (κ1) is 12.7. The van der Waals surface area contributed by atoms with Crippen LogP contribution in [0.4, 0.5) is 0 Å². The third-order valence-corrected chi connectivity index (χ3v) is 2.83. The molecule has 0 aliphatic carbocycles. The smallest absolute Gasteiger partial charge is 0.154 e. The molecule has 1 aromatic carbocycles. The van der Waals surface area contributed by atoms with Crippen LogP contribution in [0.25, 0.3) is 0 Å². The molecule has 0 amide bonds. The number of hydrogen-bond acceptors (Lipinski definition) is 2. The van der Waals surface area contributed by atoms with Crippen LogP contribution in [0.1, 0.15) is 23.1 Å². The van der Waals surface area contributed by atoms with Gasteiger partial charge in [-0.15, -0.1) is 6.58 Å². The number of Topliss-reactive ketones (excluding diaryl/α,β-unsaturated/α-hetero) is 1. The molecular formula is C14H19NO. The molecule has 16 heavy (non-hydrogen) atoms. The van der Waals surface area contributed by atoms with Gasteiger partial charge in [0.05, 0.1) is 6.04 Å². The van der Waals surface area contributed by atoms with E-state index in [0.29, 0.717) is 12.8 Å². The van der Waals surface area contributed by atoms with Gasteiger partial charge >= 0.3 is 0 Å². The molecule has 1 rings (SSSR count). The van der Waals surface area contributed by atoms with Crippen molar-refractivity contribution in [1.29, 1.82) is 0 Å². The number of ketones is 1. The van der Waals surface area contributed by atoms with Crippen LogP contribution in [0.3, 0.4) is 0 Å².